The average molecular weight is 758 g/mol. The van der Waals surface area contributed by atoms with Gasteiger partial charge in [-0.3, -0.25) is 0 Å². The molecule has 0 spiro atoms. The molecular weight excluding hydrogens is 711 g/mol. The highest BCUT2D eigenvalue weighted by Gasteiger charge is 2.35. The smallest absolute Gasteiger partial charge is 0.0387 e. The Balaban J connectivity index is 0.887. The molecule has 0 aromatic heterocycles. The lowest BCUT2D eigenvalue weighted by molar-refractivity contribution is 0.657. The molecule has 1 N–H and O–H groups in total. The van der Waals surface area contributed by atoms with Crippen LogP contribution >= 0.6 is 0 Å². The lowest BCUT2D eigenvalue weighted by Gasteiger charge is -2.23. The fourth-order valence-electron chi connectivity index (χ4n) is 9.31. The molecule has 0 unspecified atom stereocenters. The standard InChI is InChI=1S/C58H47N/c1-58(2)56-38-40(20-35-51(46-26-22-43(23-27-46)41-12-5-3-6-13-41)47-28-24-44(25-29-47)42-14-7-4-8-15-42)21-36-54(56)55-37-34-50(39-57(55)58)59-49-32-30-48(31-33-49)53-19-11-17-45-16-9-10-18-52(45)53/h3-19,21-34,36-39,51,59H,20,35H2,1-2H3. The van der Waals surface area contributed by atoms with Crippen molar-refractivity contribution in [3.05, 3.63) is 240 Å². The molecule has 0 atom stereocenters. The molecule has 284 valence electrons. The van der Waals surface area contributed by atoms with Gasteiger partial charge in [0.15, 0.2) is 0 Å². The normalized spacial score (nSPS) is 12.7. The lowest BCUT2D eigenvalue weighted by Crippen LogP contribution is -2.15. The number of aryl methyl sites for hydroxylation is 1. The van der Waals surface area contributed by atoms with Crippen molar-refractivity contribution in [2.24, 2.45) is 0 Å². The van der Waals surface area contributed by atoms with Gasteiger partial charge < -0.3 is 5.32 Å². The Bertz CT molecular complexity index is 2800. The highest BCUT2D eigenvalue weighted by atomic mass is 14.9. The first-order valence-electron chi connectivity index (χ1n) is 20.9. The van der Waals surface area contributed by atoms with Crippen LogP contribution < -0.4 is 5.32 Å². The number of nitrogens with one attached hydrogen (secondary N) is 1. The van der Waals surface area contributed by atoms with Crippen LogP contribution in [0.25, 0.3) is 55.3 Å². The minimum atomic E-state index is -0.115. The fraction of sp³-hybridized carbons (Fsp3) is 0.103. The van der Waals surface area contributed by atoms with Gasteiger partial charge in [-0.1, -0.05) is 202 Å². The Labute approximate surface area is 348 Å². The minimum absolute atomic E-state index is 0.115. The van der Waals surface area contributed by atoms with Gasteiger partial charge in [0, 0.05) is 22.7 Å². The predicted molar refractivity (Wildman–Crippen MR) is 251 cm³/mol. The summed E-state index contributed by atoms with van der Waals surface area (Å²) in [5.41, 5.74) is 19.1. The summed E-state index contributed by atoms with van der Waals surface area (Å²) in [6, 6.07) is 78.0. The van der Waals surface area contributed by atoms with Crippen molar-refractivity contribution in [1.82, 2.24) is 0 Å². The van der Waals surface area contributed by atoms with E-state index in [4.69, 9.17) is 0 Å². The number of rotatable bonds is 10. The van der Waals surface area contributed by atoms with Crippen molar-refractivity contribution in [1.29, 1.82) is 0 Å². The Kier molecular flexibility index (Phi) is 9.51. The number of hydrogen-bond donors (Lipinski definition) is 1. The van der Waals surface area contributed by atoms with E-state index in [1.54, 1.807) is 0 Å². The molecule has 1 nitrogen and oxygen atoms in total. The maximum absolute atomic E-state index is 3.71. The van der Waals surface area contributed by atoms with Crippen LogP contribution in [0.5, 0.6) is 0 Å². The first-order chi connectivity index (χ1) is 29.0. The van der Waals surface area contributed by atoms with Gasteiger partial charge in [-0.2, -0.15) is 0 Å². The lowest BCUT2D eigenvalue weighted by atomic mass is 9.81. The first-order valence-corrected chi connectivity index (χ1v) is 20.9. The van der Waals surface area contributed by atoms with Gasteiger partial charge in [0.1, 0.15) is 0 Å². The summed E-state index contributed by atoms with van der Waals surface area (Å²) in [6.45, 7) is 4.77. The van der Waals surface area contributed by atoms with Gasteiger partial charge in [0.2, 0.25) is 0 Å². The first kappa shape index (κ1) is 36.4. The van der Waals surface area contributed by atoms with E-state index in [0.29, 0.717) is 0 Å². The summed E-state index contributed by atoms with van der Waals surface area (Å²) < 4.78 is 0. The number of benzene rings is 9. The summed E-state index contributed by atoms with van der Waals surface area (Å²) in [4.78, 5) is 0. The monoisotopic (exact) mass is 757 g/mol. The van der Waals surface area contributed by atoms with Crippen molar-refractivity contribution in [2.45, 2.75) is 38.0 Å². The molecule has 0 bridgehead atoms. The second-order valence-corrected chi connectivity index (χ2v) is 16.6. The van der Waals surface area contributed by atoms with Gasteiger partial charge in [0.25, 0.3) is 0 Å². The molecule has 9 aromatic rings. The van der Waals surface area contributed by atoms with E-state index in [2.05, 4.69) is 231 Å². The third kappa shape index (κ3) is 7.15. The molecule has 59 heavy (non-hydrogen) atoms. The Morgan fingerprint density at radius 3 is 1.56 bits per heavy atom. The third-order valence-corrected chi connectivity index (χ3v) is 12.6. The van der Waals surface area contributed by atoms with Crippen LogP contribution in [0.3, 0.4) is 0 Å². The summed E-state index contributed by atoms with van der Waals surface area (Å²) in [5, 5.41) is 6.26. The maximum atomic E-state index is 3.71. The molecule has 0 aliphatic heterocycles. The number of anilines is 2. The number of fused-ring (bicyclic) bond motifs is 4. The van der Waals surface area contributed by atoms with E-state index in [1.165, 1.54) is 83.1 Å². The SMILES string of the molecule is CC1(C)c2cc(CCC(c3ccc(-c4ccccc4)cc3)c3ccc(-c4ccccc4)cc3)ccc2-c2ccc(Nc3ccc(-c4cccc5ccccc45)cc3)cc21. The van der Waals surface area contributed by atoms with Gasteiger partial charge >= 0.3 is 0 Å². The van der Waals surface area contributed by atoms with Crippen molar-refractivity contribution in [3.63, 3.8) is 0 Å². The molecule has 10 rings (SSSR count). The van der Waals surface area contributed by atoms with Crippen molar-refractivity contribution in [2.75, 3.05) is 5.32 Å². The van der Waals surface area contributed by atoms with E-state index in [-0.39, 0.29) is 11.3 Å². The van der Waals surface area contributed by atoms with Gasteiger partial charge in [0.05, 0.1) is 0 Å². The third-order valence-electron chi connectivity index (χ3n) is 12.6. The second-order valence-electron chi connectivity index (χ2n) is 16.6. The van der Waals surface area contributed by atoms with Crippen LogP contribution in [-0.2, 0) is 11.8 Å². The summed E-state index contributed by atoms with van der Waals surface area (Å²) >= 11 is 0. The van der Waals surface area contributed by atoms with Gasteiger partial charge in [-0.05, 0) is 120 Å². The van der Waals surface area contributed by atoms with Crippen molar-refractivity contribution >= 4 is 22.1 Å². The van der Waals surface area contributed by atoms with E-state index in [9.17, 15) is 0 Å². The highest BCUT2D eigenvalue weighted by molar-refractivity contribution is 5.97. The summed E-state index contributed by atoms with van der Waals surface area (Å²) in [5.74, 6) is 0.276. The molecule has 0 saturated heterocycles. The zero-order valence-corrected chi connectivity index (χ0v) is 33.7. The van der Waals surface area contributed by atoms with Crippen LogP contribution in [0.4, 0.5) is 11.4 Å². The summed E-state index contributed by atoms with van der Waals surface area (Å²) in [6.07, 6.45) is 2.02. The fourth-order valence-corrected chi connectivity index (χ4v) is 9.31. The zero-order valence-electron chi connectivity index (χ0n) is 33.7. The molecule has 0 fully saturated rings. The van der Waals surface area contributed by atoms with E-state index in [1.807, 2.05) is 0 Å². The average Bonchev–Trinajstić information content (AvgIpc) is 3.52. The molecule has 9 aromatic carbocycles. The van der Waals surface area contributed by atoms with Crippen LogP contribution in [0.15, 0.2) is 212 Å². The van der Waals surface area contributed by atoms with E-state index in [0.717, 1.165) is 24.2 Å². The molecular formula is C58H47N. The van der Waals surface area contributed by atoms with Gasteiger partial charge in [-0.15, -0.1) is 0 Å². The molecule has 0 amide bonds. The van der Waals surface area contributed by atoms with Crippen molar-refractivity contribution < 1.29 is 0 Å². The topological polar surface area (TPSA) is 12.0 Å². The second kappa shape index (κ2) is 15.4. The highest BCUT2D eigenvalue weighted by Crippen LogP contribution is 2.50. The molecule has 0 radical (unpaired) electrons. The van der Waals surface area contributed by atoms with Crippen LogP contribution in [0.1, 0.15) is 54.0 Å². The predicted octanol–water partition coefficient (Wildman–Crippen LogP) is 15.7. The molecule has 0 heterocycles. The molecule has 1 heteroatoms. The Morgan fingerprint density at radius 1 is 0.407 bits per heavy atom. The molecule has 0 saturated carbocycles. The Hall–Kier alpha value is -6.96. The van der Waals surface area contributed by atoms with Crippen LogP contribution in [0, 0.1) is 0 Å². The zero-order chi connectivity index (χ0) is 39.8. The molecule has 1 aliphatic carbocycles. The van der Waals surface area contributed by atoms with Crippen LogP contribution in [-0.4, -0.2) is 0 Å². The number of hydrogen-bond acceptors (Lipinski definition) is 1. The quantitative estimate of drug-likeness (QED) is 0.146. The van der Waals surface area contributed by atoms with Gasteiger partial charge in [-0.25, -0.2) is 0 Å². The minimum Gasteiger partial charge on any atom is -0.356 e. The van der Waals surface area contributed by atoms with E-state index < -0.39 is 0 Å². The maximum Gasteiger partial charge on any atom is 0.0387 e. The van der Waals surface area contributed by atoms with E-state index >= 15 is 0 Å². The van der Waals surface area contributed by atoms with Crippen LogP contribution in [0.2, 0.25) is 0 Å². The Morgan fingerprint density at radius 2 is 0.915 bits per heavy atom. The molecule has 1 aliphatic rings. The summed E-state index contributed by atoms with van der Waals surface area (Å²) in [7, 11) is 0. The largest absolute Gasteiger partial charge is 0.356 e. The van der Waals surface area contributed by atoms with Crippen molar-refractivity contribution in [3.8, 4) is 44.5 Å².